The topological polar surface area (TPSA) is 114 Å². The Morgan fingerprint density at radius 2 is 1.95 bits per heavy atom. The van der Waals surface area contributed by atoms with Gasteiger partial charge in [-0.25, -0.2) is 9.78 Å². The molecule has 2 heterocycles. The van der Waals surface area contributed by atoms with Crippen molar-refractivity contribution >= 4 is 34.4 Å². The maximum absolute atomic E-state index is 12.7. The maximum Gasteiger partial charge on any atom is 0.410 e. The number of aromatic nitrogens is 3. The van der Waals surface area contributed by atoms with E-state index in [1.165, 1.54) is 7.11 Å². The summed E-state index contributed by atoms with van der Waals surface area (Å²) >= 11 is 6.07. The number of carbonyl (C=O) groups is 1. The summed E-state index contributed by atoms with van der Waals surface area (Å²) in [5, 5.41) is 17.8. The molecule has 0 aromatic carbocycles. The van der Waals surface area contributed by atoms with Gasteiger partial charge in [0.05, 0.1) is 0 Å². The Morgan fingerprint density at radius 1 is 1.30 bits per heavy atom. The molecule has 3 rings (SSSR count). The second-order valence-corrected chi connectivity index (χ2v) is 11.6. The average molecular weight is 538 g/mol. The number of methoxy groups -OCH3 is 1. The average Bonchev–Trinajstić information content (AvgIpc) is 3.39. The van der Waals surface area contributed by atoms with E-state index in [2.05, 4.69) is 26.2 Å². The molecule has 0 saturated heterocycles. The molecule has 1 aliphatic carbocycles. The molecule has 0 unspecified atom stereocenters. The Hall–Kier alpha value is -2.23. The van der Waals surface area contributed by atoms with E-state index in [1.807, 2.05) is 31.9 Å². The monoisotopic (exact) mass is 537 g/mol. The third-order valence-corrected chi connectivity index (χ3v) is 6.45. The summed E-state index contributed by atoms with van der Waals surface area (Å²) in [4.78, 5) is 23.2. The molecule has 10 heteroatoms. The third-order valence-electron chi connectivity index (χ3n) is 6.26. The molecule has 0 spiro atoms. The van der Waals surface area contributed by atoms with Crippen LogP contribution in [-0.2, 0) is 9.47 Å². The van der Waals surface area contributed by atoms with E-state index in [4.69, 9.17) is 26.9 Å². The fourth-order valence-corrected chi connectivity index (χ4v) is 4.43. The van der Waals surface area contributed by atoms with Crippen LogP contribution in [0, 0.1) is 11.3 Å². The highest BCUT2D eigenvalue weighted by Gasteiger charge is 2.31. The van der Waals surface area contributed by atoms with Crippen molar-refractivity contribution in [3.63, 3.8) is 0 Å². The minimum Gasteiger partial charge on any atom is -0.444 e. The van der Waals surface area contributed by atoms with Gasteiger partial charge in [-0.2, -0.15) is 4.98 Å². The summed E-state index contributed by atoms with van der Waals surface area (Å²) in [6, 6.07) is 0.262. The second kappa shape index (κ2) is 13.0. The number of carbonyl (C=O) groups excluding carboxylic acids is 1. The van der Waals surface area contributed by atoms with Gasteiger partial charge in [-0.05, 0) is 84.7 Å². The number of hydrogen-bond acceptors (Lipinski definition) is 7. The van der Waals surface area contributed by atoms with Crippen LogP contribution < -0.4 is 0 Å². The smallest absolute Gasteiger partial charge is 0.410 e. The highest BCUT2D eigenvalue weighted by Crippen LogP contribution is 2.38. The van der Waals surface area contributed by atoms with Crippen LogP contribution in [0.2, 0.25) is 5.28 Å². The number of hydrogen-bond donors (Lipinski definition) is 2. The van der Waals surface area contributed by atoms with Gasteiger partial charge < -0.3 is 29.5 Å². The fourth-order valence-electron chi connectivity index (χ4n) is 4.30. The first-order valence-corrected chi connectivity index (χ1v) is 13.4. The molecule has 2 aromatic rings. The van der Waals surface area contributed by atoms with Crippen molar-refractivity contribution in [2.45, 2.75) is 98.0 Å². The normalized spacial score (nSPS) is 17.9. The van der Waals surface area contributed by atoms with E-state index in [0.29, 0.717) is 18.2 Å². The molecular weight excluding hydrogens is 494 g/mol. The van der Waals surface area contributed by atoms with Gasteiger partial charge >= 0.3 is 6.09 Å². The Morgan fingerprint density at radius 3 is 2.49 bits per heavy atom. The SMILES string of the molecule is CCCCN(C[C@@H]1CC[C@H](n2cc(C(C)=N)c3cnc(Cl)nc32)C1)C(=O)OC(C)(C)C.COC(C)(C)O. The van der Waals surface area contributed by atoms with Crippen LogP contribution in [0.4, 0.5) is 4.79 Å². The number of ether oxygens (including phenoxy) is 2. The molecule has 37 heavy (non-hydrogen) atoms. The van der Waals surface area contributed by atoms with E-state index in [-0.39, 0.29) is 17.4 Å². The lowest BCUT2D eigenvalue weighted by atomic mass is 10.1. The van der Waals surface area contributed by atoms with Crippen molar-refractivity contribution < 1.29 is 19.4 Å². The van der Waals surface area contributed by atoms with Gasteiger partial charge in [-0.1, -0.05) is 13.3 Å². The minimum absolute atomic E-state index is 0.214. The number of nitrogens with zero attached hydrogens (tertiary/aromatic N) is 4. The maximum atomic E-state index is 12.7. The standard InChI is InChI=1S/C23H34ClN5O2.C4H10O2/c1-6-7-10-28(22(30)31-23(3,4)5)13-16-8-9-17(11-16)29-14-19(15(2)25)18-12-26-21(24)27-20(18)29;1-4(2,5)6-3/h12,14,16-17,25H,6-11,13H2,1-5H3;5H,1-3H3/t16-,17+;/m1./s1. The van der Waals surface area contributed by atoms with Gasteiger partial charge in [0.2, 0.25) is 5.28 Å². The number of unbranched alkanes of at least 4 members (excludes halogenated alkanes) is 1. The number of nitrogens with one attached hydrogen (secondary N) is 1. The number of rotatable bonds is 8. The molecule has 1 saturated carbocycles. The second-order valence-electron chi connectivity index (χ2n) is 11.2. The Balaban J connectivity index is 0.000000717. The van der Waals surface area contributed by atoms with Crippen LogP contribution >= 0.6 is 11.6 Å². The lowest BCUT2D eigenvalue weighted by Gasteiger charge is -2.29. The summed E-state index contributed by atoms with van der Waals surface area (Å²) in [6.45, 7) is 14.2. The zero-order chi connectivity index (χ0) is 28.0. The molecule has 1 fully saturated rings. The van der Waals surface area contributed by atoms with Gasteiger partial charge in [0.25, 0.3) is 0 Å². The number of halogens is 1. The first-order chi connectivity index (χ1) is 17.1. The Bertz CT molecular complexity index is 1060. The van der Waals surface area contributed by atoms with Gasteiger partial charge in [-0.15, -0.1) is 0 Å². The van der Waals surface area contributed by atoms with Crippen LogP contribution in [0.1, 0.15) is 92.2 Å². The molecule has 1 aliphatic rings. The Kier molecular flexibility index (Phi) is 10.9. The molecule has 0 bridgehead atoms. The summed E-state index contributed by atoms with van der Waals surface area (Å²) in [5.74, 6) is -0.561. The van der Waals surface area contributed by atoms with Crippen molar-refractivity contribution in [1.29, 1.82) is 5.41 Å². The predicted molar refractivity (Wildman–Crippen MR) is 147 cm³/mol. The van der Waals surface area contributed by atoms with Gasteiger partial charge in [-0.3, -0.25) is 0 Å². The quantitative estimate of drug-likeness (QED) is 0.235. The van der Waals surface area contributed by atoms with E-state index < -0.39 is 11.4 Å². The number of aliphatic hydroxyl groups is 1. The minimum atomic E-state index is -0.958. The van der Waals surface area contributed by atoms with Crippen molar-refractivity contribution in [2.24, 2.45) is 5.92 Å². The largest absolute Gasteiger partial charge is 0.444 e. The molecule has 2 N–H and O–H groups in total. The van der Waals surface area contributed by atoms with E-state index in [1.54, 1.807) is 27.0 Å². The van der Waals surface area contributed by atoms with Gasteiger partial charge in [0.1, 0.15) is 11.2 Å². The van der Waals surface area contributed by atoms with E-state index in [9.17, 15) is 4.79 Å². The highest BCUT2D eigenvalue weighted by atomic mass is 35.5. The molecule has 0 aliphatic heterocycles. The number of amides is 1. The first kappa shape index (κ1) is 31.0. The predicted octanol–water partition coefficient (Wildman–Crippen LogP) is 6.21. The number of fused-ring (bicyclic) bond motifs is 1. The molecule has 0 radical (unpaired) electrons. The Labute approximate surface area is 226 Å². The third kappa shape index (κ3) is 9.54. The first-order valence-electron chi connectivity index (χ1n) is 13.0. The summed E-state index contributed by atoms with van der Waals surface area (Å²) in [7, 11) is 1.46. The van der Waals surface area contributed by atoms with Crippen LogP contribution in [0.15, 0.2) is 12.4 Å². The summed E-state index contributed by atoms with van der Waals surface area (Å²) in [5.41, 5.74) is 1.61. The lowest BCUT2D eigenvalue weighted by Crippen LogP contribution is -2.39. The zero-order valence-corrected chi connectivity index (χ0v) is 24.4. The molecule has 208 valence electrons. The van der Waals surface area contributed by atoms with Crippen LogP contribution in [0.5, 0.6) is 0 Å². The van der Waals surface area contributed by atoms with E-state index >= 15 is 0 Å². The molecule has 1 amide bonds. The fraction of sp³-hybridized carbons (Fsp3) is 0.704. The highest BCUT2D eigenvalue weighted by molar-refractivity contribution is 6.28. The van der Waals surface area contributed by atoms with Crippen molar-refractivity contribution in [3.05, 3.63) is 23.2 Å². The summed E-state index contributed by atoms with van der Waals surface area (Å²) < 4.78 is 12.3. The van der Waals surface area contributed by atoms with E-state index in [0.717, 1.165) is 55.2 Å². The lowest BCUT2D eigenvalue weighted by molar-refractivity contribution is -0.155. The van der Waals surface area contributed by atoms with Crippen molar-refractivity contribution in [2.75, 3.05) is 20.2 Å². The van der Waals surface area contributed by atoms with Crippen molar-refractivity contribution in [3.8, 4) is 0 Å². The van der Waals surface area contributed by atoms with Crippen LogP contribution in [0.3, 0.4) is 0 Å². The molecule has 2 aromatic heterocycles. The van der Waals surface area contributed by atoms with Crippen molar-refractivity contribution in [1.82, 2.24) is 19.4 Å². The van der Waals surface area contributed by atoms with Gasteiger partial charge in [0, 0.05) is 55.3 Å². The van der Waals surface area contributed by atoms with Crippen LogP contribution in [0.25, 0.3) is 11.0 Å². The molecule has 2 atom stereocenters. The zero-order valence-electron chi connectivity index (χ0n) is 23.6. The van der Waals surface area contributed by atoms with Gasteiger partial charge in [0.15, 0.2) is 5.79 Å². The van der Waals surface area contributed by atoms with Crippen LogP contribution in [-0.4, -0.2) is 67.9 Å². The molecule has 9 nitrogen and oxygen atoms in total. The summed E-state index contributed by atoms with van der Waals surface area (Å²) in [6.07, 6.45) is 8.48. The molecular formula is C27H44ClN5O4.